The van der Waals surface area contributed by atoms with Crippen molar-refractivity contribution in [1.82, 2.24) is 24.3 Å². The minimum absolute atomic E-state index is 0.170. The minimum Gasteiger partial charge on any atom is -0.291 e. The molecule has 0 aliphatic rings. The second-order valence-electron chi connectivity index (χ2n) is 4.71. The molecule has 0 saturated carbocycles. The van der Waals surface area contributed by atoms with E-state index in [9.17, 15) is 4.79 Å². The molecule has 2 aromatic heterocycles. The molecule has 0 N–H and O–H groups in total. The molecular weight excluding hydrogens is 290 g/mol. The van der Waals surface area contributed by atoms with Crippen molar-refractivity contribution in [3.8, 4) is 0 Å². The smallest absolute Gasteiger partial charge is 0.263 e. The van der Waals surface area contributed by atoms with E-state index in [4.69, 9.17) is 11.6 Å². The molecule has 0 unspecified atom stereocenters. The van der Waals surface area contributed by atoms with Crippen molar-refractivity contribution in [3.05, 3.63) is 52.1 Å². The predicted octanol–water partition coefficient (Wildman–Crippen LogP) is 2.10. The zero-order valence-corrected chi connectivity index (χ0v) is 12.3. The van der Waals surface area contributed by atoms with Crippen molar-refractivity contribution in [3.63, 3.8) is 0 Å². The van der Waals surface area contributed by atoms with Gasteiger partial charge in [-0.15, -0.1) is 0 Å². The third-order valence-electron chi connectivity index (χ3n) is 3.25. The minimum atomic E-state index is -0.170. The summed E-state index contributed by atoms with van der Waals surface area (Å²) >= 11 is 6.11. The molecule has 3 aromatic rings. The number of aryl methyl sites for hydroxylation is 1. The Morgan fingerprint density at radius 3 is 2.95 bits per heavy atom. The van der Waals surface area contributed by atoms with E-state index in [2.05, 4.69) is 22.0 Å². The SMILES string of the molecule is CCCn1ncnc1Cn1cnc2cccc(Cl)c2c1=O. The molecule has 6 nitrogen and oxygen atoms in total. The summed E-state index contributed by atoms with van der Waals surface area (Å²) in [5.74, 6) is 0.729. The zero-order chi connectivity index (χ0) is 14.8. The summed E-state index contributed by atoms with van der Waals surface area (Å²) in [6.45, 7) is 3.16. The summed E-state index contributed by atoms with van der Waals surface area (Å²) in [6, 6.07) is 5.24. The van der Waals surface area contributed by atoms with Crippen LogP contribution in [0.1, 0.15) is 19.2 Å². The van der Waals surface area contributed by atoms with E-state index in [0.717, 1.165) is 18.8 Å². The fourth-order valence-electron chi connectivity index (χ4n) is 2.23. The van der Waals surface area contributed by atoms with E-state index in [1.165, 1.54) is 17.2 Å². The van der Waals surface area contributed by atoms with Crippen LogP contribution in [0.4, 0.5) is 0 Å². The summed E-state index contributed by atoms with van der Waals surface area (Å²) in [5, 5.41) is 5.00. The van der Waals surface area contributed by atoms with Crippen LogP contribution in [0.2, 0.25) is 5.02 Å². The number of hydrogen-bond donors (Lipinski definition) is 0. The average molecular weight is 304 g/mol. The van der Waals surface area contributed by atoms with Crippen LogP contribution in [-0.2, 0) is 13.1 Å². The maximum Gasteiger partial charge on any atom is 0.263 e. The first-order valence-corrected chi connectivity index (χ1v) is 7.09. The van der Waals surface area contributed by atoms with E-state index >= 15 is 0 Å². The van der Waals surface area contributed by atoms with Crippen LogP contribution in [0.15, 0.2) is 35.6 Å². The molecule has 0 bridgehead atoms. The van der Waals surface area contributed by atoms with Crippen LogP contribution in [0.5, 0.6) is 0 Å². The maximum absolute atomic E-state index is 12.5. The summed E-state index contributed by atoms with van der Waals surface area (Å²) < 4.78 is 3.30. The Morgan fingerprint density at radius 1 is 1.29 bits per heavy atom. The first-order chi connectivity index (χ1) is 10.2. The average Bonchev–Trinajstić information content (AvgIpc) is 2.90. The van der Waals surface area contributed by atoms with Gasteiger partial charge in [0.1, 0.15) is 12.2 Å². The van der Waals surface area contributed by atoms with Crippen molar-refractivity contribution < 1.29 is 0 Å². The molecule has 108 valence electrons. The number of fused-ring (bicyclic) bond motifs is 1. The molecule has 21 heavy (non-hydrogen) atoms. The van der Waals surface area contributed by atoms with Gasteiger partial charge in [-0.25, -0.2) is 14.6 Å². The highest BCUT2D eigenvalue weighted by Gasteiger charge is 2.10. The van der Waals surface area contributed by atoms with Crippen LogP contribution in [0, 0.1) is 0 Å². The van der Waals surface area contributed by atoms with Crippen LogP contribution < -0.4 is 5.56 Å². The Hall–Kier alpha value is -2.21. The quantitative estimate of drug-likeness (QED) is 0.740. The van der Waals surface area contributed by atoms with Gasteiger partial charge in [0.25, 0.3) is 5.56 Å². The summed E-state index contributed by atoms with van der Waals surface area (Å²) in [7, 11) is 0. The van der Waals surface area contributed by atoms with Crippen molar-refractivity contribution in [2.45, 2.75) is 26.4 Å². The highest BCUT2D eigenvalue weighted by molar-refractivity contribution is 6.35. The van der Waals surface area contributed by atoms with Gasteiger partial charge in [-0.05, 0) is 18.6 Å². The second kappa shape index (κ2) is 5.65. The third kappa shape index (κ3) is 2.54. The van der Waals surface area contributed by atoms with E-state index < -0.39 is 0 Å². The molecule has 1 aromatic carbocycles. The molecule has 0 fully saturated rings. The lowest BCUT2D eigenvalue weighted by Crippen LogP contribution is -2.23. The van der Waals surface area contributed by atoms with Crippen LogP contribution >= 0.6 is 11.6 Å². The molecule has 2 heterocycles. The van der Waals surface area contributed by atoms with E-state index in [-0.39, 0.29) is 5.56 Å². The standard InChI is InChI=1S/C14H14ClN5O/c1-2-6-20-12(16-8-18-20)7-19-9-17-11-5-3-4-10(15)13(11)14(19)21/h3-5,8-9H,2,6-7H2,1H3. The largest absolute Gasteiger partial charge is 0.291 e. The van der Waals surface area contributed by atoms with Crippen molar-refractivity contribution in [2.75, 3.05) is 0 Å². The summed E-state index contributed by atoms with van der Waals surface area (Å²) in [6.07, 6.45) is 3.97. The summed E-state index contributed by atoms with van der Waals surface area (Å²) in [5.41, 5.74) is 0.426. The molecule has 0 atom stereocenters. The van der Waals surface area contributed by atoms with Gasteiger partial charge < -0.3 is 0 Å². The second-order valence-corrected chi connectivity index (χ2v) is 5.12. The van der Waals surface area contributed by atoms with E-state index in [0.29, 0.717) is 22.5 Å². The Labute approximate surface area is 126 Å². The van der Waals surface area contributed by atoms with Crippen LogP contribution in [0.25, 0.3) is 10.9 Å². The van der Waals surface area contributed by atoms with Crippen LogP contribution in [-0.4, -0.2) is 24.3 Å². The normalized spacial score (nSPS) is 11.1. The molecular formula is C14H14ClN5O. The number of benzene rings is 1. The van der Waals surface area contributed by atoms with E-state index in [1.807, 2.05) is 0 Å². The lowest BCUT2D eigenvalue weighted by atomic mass is 10.2. The number of nitrogens with zero attached hydrogens (tertiary/aromatic N) is 5. The molecule has 7 heteroatoms. The Kier molecular flexibility index (Phi) is 3.70. The molecule has 0 spiro atoms. The number of halogens is 1. The Bertz CT molecular complexity index is 839. The van der Waals surface area contributed by atoms with Gasteiger partial charge in [-0.2, -0.15) is 5.10 Å². The fraction of sp³-hybridized carbons (Fsp3) is 0.286. The zero-order valence-electron chi connectivity index (χ0n) is 11.5. The lowest BCUT2D eigenvalue weighted by Gasteiger charge is -2.08. The third-order valence-corrected chi connectivity index (χ3v) is 3.56. The predicted molar refractivity (Wildman–Crippen MR) is 80.4 cm³/mol. The molecule has 0 aliphatic heterocycles. The number of hydrogen-bond acceptors (Lipinski definition) is 4. The topological polar surface area (TPSA) is 65.6 Å². The number of rotatable bonds is 4. The molecule has 0 radical (unpaired) electrons. The monoisotopic (exact) mass is 303 g/mol. The van der Waals surface area contributed by atoms with Gasteiger partial charge in [-0.3, -0.25) is 9.36 Å². The fourth-order valence-corrected chi connectivity index (χ4v) is 2.48. The summed E-state index contributed by atoms with van der Waals surface area (Å²) in [4.78, 5) is 21.0. The first-order valence-electron chi connectivity index (χ1n) is 6.71. The van der Waals surface area contributed by atoms with Crippen LogP contribution in [0.3, 0.4) is 0 Å². The highest BCUT2D eigenvalue weighted by atomic mass is 35.5. The van der Waals surface area contributed by atoms with Gasteiger partial charge in [0.05, 0.1) is 28.8 Å². The van der Waals surface area contributed by atoms with Gasteiger partial charge in [0.15, 0.2) is 0 Å². The van der Waals surface area contributed by atoms with Gasteiger partial charge in [0.2, 0.25) is 0 Å². The van der Waals surface area contributed by atoms with Crippen molar-refractivity contribution in [1.29, 1.82) is 0 Å². The molecule has 0 saturated heterocycles. The maximum atomic E-state index is 12.5. The molecule has 0 aliphatic carbocycles. The van der Waals surface area contributed by atoms with Gasteiger partial charge in [-0.1, -0.05) is 24.6 Å². The molecule has 0 amide bonds. The van der Waals surface area contributed by atoms with Gasteiger partial charge >= 0.3 is 0 Å². The van der Waals surface area contributed by atoms with E-state index in [1.54, 1.807) is 22.9 Å². The first kappa shape index (κ1) is 13.8. The van der Waals surface area contributed by atoms with Crippen molar-refractivity contribution in [2.24, 2.45) is 0 Å². The Morgan fingerprint density at radius 2 is 2.14 bits per heavy atom. The Balaban J connectivity index is 2.05. The number of aromatic nitrogens is 5. The van der Waals surface area contributed by atoms with Gasteiger partial charge in [0, 0.05) is 6.54 Å². The lowest BCUT2D eigenvalue weighted by molar-refractivity contribution is 0.549. The highest BCUT2D eigenvalue weighted by Crippen LogP contribution is 2.17. The van der Waals surface area contributed by atoms with Crippen molar-refractivity contribution >= 4 is 22.5 Å². The molecule has 3 rings (SSSR count).